The zero-order valence-electron chi connectivity index (χ0n) is 19.6. The van der Waals surface area contributed by atoms with Crippen molar-refractivity contribution in [3.63, 3.8) is 0 Å². The highest BCUT2D eigenvalue weighted by atomic mass is 16.5. The number of methoxy groups -OCH3 is 1. The van der Waals surface area contributed by atoms with Crippen LogP contribution in [-0.2, 0) is 6.42 Å². The number of carbonyl (C=O) groups excluding carboxylic acids is 1. The van der Waals surface area contributed by atoms with Crippen LogP contribution in [0.25, 0.3) is 11.0 Å². The topological polar surface area (TPSA) is 59.8 Å². The van der Waals surface area contributed by atoms with Gasteiger partial charge in [-0.15, -0.1) is 0 Å². The van der Waals surface area contributed by atoms with Crippen molar-refractivity contribution in [2.24, 2.45) is 0 Å². The third kappa shape index (κ3) is 3.77. The molecule has 5 heteroatoms. The molecule has 5 rings (SSSR count). The van der Waals surface area contributed by atoms with E-state index in [-0.39, 0.29) is 17.1 Å². The van der Waals surface area contributed by atoms with Gasteiger partial charge in [-0.05, 0) is 53.3 Å². The van der Waals surface area contributed by atoms with E-state index in [2.05, 4.69) is 26.0 Å². The lowest BCUT2D eigenvalue weighted by Crippen LogP contribution is -2.31. The first kappa shape index (κ1) is 22.0. The number of benzene rings is 3. The molecular weight excluding hydrogens is 426 g/mol. The summed E-state index contributed by atoms with van der Waals surface area (Å²) in [7, 11) is 1.64. The average Bonchev–Trinajstić information content (AvgIpc) is 3.15. The molecule has 34 heavy (non-hydrogen) atoms. The molecule has 5 nitrogen and oxygen atoms in total. The van der Waals surface area contributed by atoms with E-state index in [9.17, 15) is 9.59 Å². The van der Waals surface area contributed by atoms with Crippen LogP contribution >= 0.6 is 0 Å². The van der Waals surface area contributed by atoms with Crippen LogP contribution in [0.4, 0.5) is 0 Å². The second kappa shape index (κ2) is 8.82. The maximum absolute atomic E-state index is 13.6. The van der Waals surface area contributed by atoms with Gasteiger partial charge >= 0.3 is 0 Å². The van der Waals surface area contributed by atoms with Gasteiger partial charge < -0.3 is 14.1 Å². The molecule has 1 aliphatic heterocycles. The molecule has 0 unspecified atom stereocenters. The molecule has 0 N–H and O–H groups in total. The Kier molecular flexibility index (Phi) is 5.70. The largest absolute Gasteiger partial charge is 0.497 e. The Morgan fingerprint density at radius 1 is 0.941 bits per heavy atom. The van der Waals surface area contributed by atoms with Gasteiger partial charge in [-0.3, -0.25) is 9.59 Å². The van der Waals surface area contributed by atoms with E-state index in [4.69, 9.17) is 9.15 Å². The van der Waals surface area contributed by atoms with Crippen molar-refractivity contribution in [3.05, 3.63) is 111 Å². The number of carbonyl (C=O) groups is 1. The zero-order chi connectivity index (χ0) is 23.8. The fourth-order valence-corrected chi connectivity index (χ4v) is 4.65. The highest BCUT2D eigenvalue weighted by Gasteiger charge is 2.42. The molecule has 3 aromatic carbocycles. The minimum absolute atomic E-state index is 0.143. The highest BCUT2D eigenvalue weighted by molar-refractivity contribution is 5.99. The summed E-state index contributed by atoms with van der Waals surface area (Å²) in [6, 6.07) is 22.6. The van der Waals surface area contributed by atoms with E-state index in [1.54, 1.807) is 30.2 Å². The molecule has 4 aromatic rings. The Hall–Kier alpha value is -3.86. The molecule has 1 aromatic heterocycles. The molecule has 1 atom stereocenters. The van der Waals surface area contributed by atoms with Crippen molar-refractivity contribution in [2.45, 2.75) is 32.2 Å². The van der Waals surface area contributed by atoms with Gasteiger partial charge in [0.25, 0.3) is 5.91 Å². The molecule has 0 radical (unpaired) electrons. The summed E-state index contributed by atoms with van der Waals surface area (Å²) >= 11 is 0. The molecule has 1 amide bonds. The molecule has 0 saturated heterocycles. The van der Waals surface area contributed by atoms with E-state index in [1.165, 1.54) is 5.56 Å². The van der Waals surface area contributed by atoms with Gasteiger partial charge in [0.1, 0.15) is 11.3 Å². The summed E-state index contributed by atoms with van der Waals surface area (Å²) in [6.07, 6.45) is 0.651. The van der Waals surface area contributed by atoms with E-state index in [0.29, 0.717) is 35.4 Å². The van der Waals surface area contributed by atoms with Crippen LogP contribution in [0.1, 0.15) is 58.6 Å². The number of rotatable bonds is 6. The number of amides is 1. The van der Waals surface area contributed by atoms with Crippen molar-refractivity contribution in [2.75, 3.05) is 13.7 Å². The van der Waals surface area contributed by atoms with Gasteiger partial charge in [-0.1, -0.05) is 62.4 Å². The third-order valence-corrected chi connectivity index (χ3v) is 6.59. The Labute approximate surface area is 198 Å². The highest BCUT2D eigenvalue weighted by Crippen LogP contribution is 2.38. The van der Waals surface area contributed by atoms with E-state index in [1.807, 2.05) is 42.5 Å². The number of hydrogen-bond acceptors (Lipinski definition) is 4. The monoisotopic (exact) mass is 453 g/mol. The maximum atomic E-state index is 13.6. The molecule has 1 aliphatic rings. The lowest BCUT2D eigenvalue weighted by molar-refractivity contribution is 0.0730. The van der Waals surface area contributed by atoms with Crippen LogP contribution in [0, 0.1) is 0 Å². The first-order valence-electron chi connectivity index (χ1n) is 11.6. The summed E-state index contributed by atoms with van der Waals surface area (Å²) in [5.41, 5.74) is 3.93. The van der Waals surface area contributed by atoms with E-state index >= 15 is 0 Å². The fourth-order valence-electron chi connectivity index (χ4n) is 4.65. The molecule has 0 saturated carbocycles. The second-order valence-corrected chi connectivity index (χ2v) is 8.99. The van der Waals surface area contributed by atoms with E-state index < -0.39 is 6.04 Å². The second-order valence-electron chi connectivity index (χ2n) is 8.99. The fraction of sp³-hybridized carbons (Fsp3) is 0.241. The lowest BCUT2D eigenvalue weighted by Gasteiger charge is -2.25. The Bertz CT molecular complexity index is 1400. The maximum Gasteiger partial charge on any atom is 0.290 e. The minimum Gasteiger partial charge on any atom is -0.497 e. The molecule has 0 aliphatic carbocycles. The van der Waals surface area contributed by atoms with Crippen LogP contribution in [0.15, 0.2) is 82.0 Å². The quantitative estimate of drug-likeness (QED) is 0.375. The van der Waals surface area contributed by atoms with Gasteiger partial charge in [0, 0.05) is 6.54 Å². The van der Waals surface area contributed by atoms with Crippen LogP contribution in [-0.4, -0.2) is 24.5 Å². The number of ether oxygens (including phenoxy) is 1. The van der Waals surface area contributed by atoms with Crippen molar-refractivity contribution in [1.29, 1.82) is 0 Å². The smallest absolute Gasteiger partial charge is 0.290 e. The predicted molar refractivity (Wildman–Crippen MR) is 133 cm³/mol. The normalized spacial score (nSPS) is 15.2. The number of para-hydroxylation sites is 1. The van der Waals surface area contributed by atoms with Gasteiger partial charge in [0.05, 0.1) is 24.1 Å². The Morgan fingerprint density at radius 3 is 2.32 bits per heavy atom. The van der Waals surface area contributed by atoms with Crippen molar-refractivity contribution in [3.8, 4) is 5.75 Å². The molecule has 0 fully saturated rings. The van der Waals surface area contributed by atoms with Gasteiger partial charge in [-0.25, -0.2) is 0 Å². The average molecular weight is 454 g/mol. The van der Waals surface area contributed by atoms with Gasteiger partial charge in [0.15, 0.2) is 5.43 Å². The lowest BCUT2D eigenvalue weighted by atomic mass is 9.95. The molecule has 172 valence electrons. The first-order valence-corrected chi connectivity index (χ1v) is 11.6. The number of hydrogen-bond donors (Lipinski definition) is 0. The summed E-state index contributed by atoms with van der Waals surface area (Å²) < 4.78 is 11.3. The van der Waals surface area contributed by atoms with Crippen molar-refractivity contribution >= 4 is 16.9 Å². The SMILES string of the molecule is COc1ccc(CCN2C(=O)c3oc4ccccc4c(=O)c3[C@@H]2c2ccc(C(C)C)cc2)cc1. The molecule has 0 bridgehead atoms. The van der Waals surface area contributed by atoms with E-state index in [0.717, 1.165) is 16.9 Å². The zero-order valence-corrected chi connectivity index (χ0v) is 19.6. The molecule has 2 heterocycles. The van der Waals surface area contributed by atoms with Gasteiger partial charge in [0.2, 0.25) is 5.76 Å². The molecule has 0 spiro atoms. The van der Waals surface area contributed by atoms with Crippen LogP contribution in [0.2, 0.25) is 0 Å². The van der Waals surface area contributed by atoms with Crippen LogP contribution in [0.3, 0.4) is 0 Å². The summed E-state index contributed by atoms with van der Waals surface area (Å²) in [4.78, 5) is 28.9. The van der Waals surface area contributed by atoms with Crippen LogP contribution in [0.5, 0.6) is 5.75 Å². The predicted octanol–water partition coefficient (Wildman–Crippen LogP) is 5.71. The van der Waals surface area contributed by atoms with Crippen molar-refractivity contribution < 1.29 is 13.9 Å². The standard InChI is InChI=1S/C29H27NO4/c1-18(2)20-10-12-21(13-11-20)26-25-27(31)23-6-4-5-7-24(23)34-28(25)29(32)30(26)17-16-19-8-14-22(33-3)15-9-19/h4-15,18,26H,16-17H2,1-3H3/t26-/m0/s1. The number of fused-ring (bicyclic) bond motifs is 2. The third-order valence-electron chi connectivity index (χ3n) is 6.59. The summed E-state index contributed by atoms with van der Waals surface area (Å²) in [6.45, 7) is 4.75. The minimum atomic E-state index is -0.484. The van der Waals surface area contributed by atoms with Gasteiger partial charge in [-0.2, -0.15) is 0 Å². The Balaban J connectivity index is 1.58. The molecular formula is C29H27NO4. The number of nitrogens with zero attached hydrogens (tertiary/aromatic N) is 1. The van der Waals surface area contributed by atoms with Crippen molar-refractivity contribution in [1.82, 2.24) is 4.90 Å². The Morgan fingerprint density at radius 2 is 1.65 bits per heavy atom. The summed E-state index contributed by atoms with van der Waals surface area (Å²) in [5, 5.41) is 0.495. The van der Waals surface area contributed by atoms with Crippen LogP contribution < -0.4 is 10.2 Å². The summed E-state index contributed by atoms with van der Waals surface area (Å²) in [5.74, 6) is 1.09. The first-order chi connectivity index (χ1) is 16.5.